The lowest BCUT2D eigenvalue weighted by molar-refractivity contribution is 0.253. The Balaban J connectivity index is 1.47. The number of nitrogens with one attached hydrogen (secondary N) is 1. The second-order valence-electron chi connectivity index (χ2n) is 7.51. The summed E-state index contributed by atoms with van der Waals surface area (Å²) < 4.78 is 14.2. The minimum absolute atomic E-state index is 0.365. The van der Waals surface area contributed by atoms with E-state index in [2.05, 4.69) is 39.6 Å². The van der Waals surface area contributed by atoms with Crippen LogP contribution in [0, 0.1) is 5.82 Å². The molecular weight excluding hydrogens is 367 g/mol. The summed E-state index contributed by atoms with van der Waals surface area (Å²) in [4.78, 5) is 2.40. The standard InChI is InChI=1S/C23H27FN4O/c24-22-16-19(15-20(23(22)29)17-26-28-13-9-25-10-14-28)4-3-18-5-7-21(8-6-18)27-11-1-2-12-27/h3-8,15-17,25,29H,1-2,9-14H2/b4-3+,26-17+. The Labute approximate surface area is 171 Å². The van der Waals surface area contributed by atoms with Crippen LogP contribution in [0.4, 0.5) is 10.1 Å². The maximum atomic E-state index is 14.2. The first-order valence-electron chi connectivity index (χ1n) is 10.2. The Hall–Kier alpha value is -2.86. The van der Waals surface area contributed by atoms with Gasteiger partial charge in [0.25, 0.3) is 0 Å². The van der Waals surface area contributed by atoms with Crippen molar-refractivity contribution >= 4 is 24.1 Å². The Bertz CT molecular complexity index is 882. The lowest BCUT2D eigenvalue weighted by Crippen LogP contribution is -2.40. The van der Waals surface area contributed by atoms with Gasteiger partial charge in [0.2, 0.25) is 0 Å². The number of hydrazone groups is 1. The molecular formula is C23H27FN4O. The van der Waals surface area contributed by atoms with Crippen molar-refractivity contribution in [3.05, 3.63) is 58.9 Å². The average molecular weight is 394 g/mol. The maximum Gasteiger partial charge on any atom is 0.166 e. The Kier molecular flexibility index (Phi) is 6.10. The molecule has 29 heavy (non-hydrogen) atoms. The lowest BCUT2D eigenvalue weighted by atomic mass is 10.1. The Morgan fingerprint density at radius 3 is 2.34 bits per heavy atom. The van der Waals surface area contributed by atoms with Crippen LogP contribution < -0.4 is 10.2 Å². The first-order chi connectivity index (χ1) is 14.2. The SMILES string of the molecule is Oc1c(F)cc(/C=C/c2ccc(N3CCCC3)cc2)cc1/C=N/N1CCNCC1. The van der Waals surface area contributed by atoms with Gasteiger partial charge in [0.15, 0.2) is 11.6 Å². The number of phenolic OH excluding ortho intramolecular Hbond substituents is 1. The predicted molar refractivity (Wildman–Crippen MR) is 117 cm³/mol. The molecule has 2 saturated heterocycles. The molecule has 2 fully saturated rings. The van der Waals surface area contributed by atoms with Crippen molar-refractivity contribution in [3.8, 4) is 5.75 Å². The number of rotatable bonds is 5. The molecule has 152 valence electrons. The molecule has 0 bridgehead atoms. The molecule has 0 saturated carbocycles. The van der Waals surface area contributed by atoms with Gasteiger partial charge in [0, 0.05) is 50.5 Å². The number of nitrogens with zero attached hydrogens (tertiary/aromatic N) is 3. The van der Waals surface area contributed by atoms with E-state index in [4.69, 9.17) is 0 Å². The first-order valence-corrected chi connectivity index (χ1v) is 10.2. The van der Waals surface area contributed by atoms with Crippen LogP contribution in [0.3, 0.4) is 0 Å². The molecule has 0 atom stereocenters. The van der Waals surface area contributed by atoms with Crippen LogP contribution >= 0.6 is 0 Å². The summed E-state index contributed by atoms with van der Waals surface area (Å²) in [5.41, 5.74) is 3.37. The number of aromatic hydroxyl groups is 1. The normalized spacial score (nSPS) is 17.7. The van der Waals surface area contributed by atoms with Gasteiger partial charge in [0.05, 0.1) is 6.21 Å². The summed E-state index contributed by atoms with van der Waals surface area (Å²) in [6.45, 7) is 5.59. The molecule has 5 nitrogen and oxygen atoms in total. The molecule has 2 heterocycles. The summed E-state index contributed by atoms with van der Waals surface area (Å²) in [6, 6.07) is 11.5. The predicted octanol–water partition coefficient (Wildman–Crippen LogP) is 3.54. The van der Waals surface area contributed by atoms with E-state index in [1.165, 1.54) is 30.8 Å². The van der Waals surface area contributed by atoms with E-state index in [-0.39, 0.29) is 5.75 Å². The van der Waals surface area contributed by atoms with Crippen molar-refractivity contribution in [3.63, 3.8) is 0 Å². The largest absolute Gasteiger partial charge is 0.504 e. The molecule has 4 rings (SSSR count). The van der Waals surface area contributed by atoms with E-state index in [9.17, 15) is 9.50 Å². The fourth-order valence-corrected chi connectivity index (χ4v) is 3.71. The van der Waals surface area contributed by atoms with Gasteiger partial charge in [-0.1, -0.05) is 24.3 Å². The smallest absolute Gasteiger partial charge is 0.166 e. The summed E-state index contributed by atoms with van der Waals surface area (Å²) in [5, 5.41) is 19.6. The van der Waals surface area contributed by atoms with Crippen LogP contribution in [0.15, 0.2) is 41.5 Å². The van der Waals surface area contributed by atoms with Gasteiger partial charge in [-0.25, -0.2) is 4.39 Å². The highest BCUT2D eigenvalue weighted by Gasteiger charge is 2.12. The van der Waals surface area contributed by atoms with Crippen molar-refractivity contribution in [1.82, 2.24) is 10.3 Å². The van der Waals surface area contributed by atoms with Crippen LogP contribution in [0.1, 0.15) is 29.5 Å². The fourth-order valence-electron chi connectivity index (χ4n) is 3.71. The van der Waals surface area contributed by atoms with E-state index in [0.29, 0.717) is 11.1 Å². The summed E-state index contributed by atoms with van der Waals surface area (Å²) in [7, 11) is 0. The molecule has 2 aromatic rings. The van der Waals surface area contributed by atoms with Crippen LogP contribution in [0.5, 0.6) is 5.75 Å². The number of hydrogen-bond acceptors (Lipinski definition) is 5. The number of piperazine rings is 1. The first kappa shape index (κ1) is 19.5. The molecule has 0 aliphatic carbocycles. The number of phenols is 1. The Morgan fingerprint density at radius 1 is 0.931 bits per heavy atom. The average Bonchev–Trinajstić information content (AvgIpc) is 3.29. The summed E-state index contributed by atoms with van der Waals surface area (Å²) in [6.07, 6.45) is 7.86. The second kappa shape index (κ2) is 9.09. The molecule has 0 spiro atoms. The van der Waals surface area contributed by atoms with Crippen molar-refractivity contribution in [2.45, 2.75) is 12.8 Å². The maximum absolute atomic E-state index is 14.2. The minimum atomic E-state index is -0.640. The zero-order chi connectivity index (χ0) is 20.1. The van der Waals surface area contributed by atoms with Crippen molar-refractivity contribution < 1.29 is 9.50 Å². The molecule has 6 heteroatoms. The number of anilines is 1. The quantitative estimate of drug-likeness (QED) is 0.602. The monoisotopic (exact) mass is 394 g/mol. The van der Waals surface area contributed by atoms with Gasteiger partial charge in [-0.15, -0.1) is 0 Å². The highest BCUT2D eigenvalue weighted by molar-refractivity contribution is 5.85. The molecule has 2 aliphatic rings. The Morgan fingerprint density at radius 2 is 1.62 bits per heavy atom. The van der Waals surface area contributed by atoms with Gasteiger partial charge in [0.1, 0.15) is 0 Å². The van der Waals surface area contributed by atoms with E-state index in [0.717, 1.165) is 44.8 Å². The number of benzene rings is 2. The third-order valence-corrected chi connectivity index (χ3v) is 5.40. The van der Waals surface area contributed by atoms with E-state index in [1.54, 1.807) is 6.07 Å². The zero-order valence-electron chi connectivity index (χ0n) is 16.5. The second-order valence-corrected chi connectivity index (χ2v) is 7.51. The molecule has 2 aromatic carbocycles. The number of halogens is 1. The third kappa shape index (κ3) is 4.95. The summed E-state index contributed by atoms with van der Waals surface area (Å²) >= 11 is 0. The minimum Gasteiger partial charge on any atom is -0.504 e. The molecule has 0 aromatic heterocycles. The van der Waals surface area contributed by atoms with Crippen molar-refractivity contribution in [2.75, 3.05) is 44.2 Å². The van der Waals surface area contributed by atoms with Crippen LogP contribution in [-0.2, 0) is 0 Å². The molecule has 0 amide bonds. The van der Waals surface area contributed by atoms with Crippen LogP contribution in [0.25, 0.3) is 12.2 Å². The summed E-state index contributed by atoms with van der Waals surface area (Å²) in [5.74, 6) is -1.01. The number of hydrogen-bond donors (Lipinski definition) is 2. The van der Waals surface area contributed by atoms with E-state index in [1.807, 2.05) is 17.2 Å². The van der Waals surface area contributed by atoms with Crippen LogP contribution in [-0.4, -0.2) is 55.6 Å². The third-order valence-electron chi connectivity index (χ3n) is 5.40. The van der Waals surface area contributed by atoms with E-state index >= 15 is 0 Å². The molecule has 2 N–H and O–H groups in total. The van der Waals surface area contributed by atoms with Gasteiger partial charge in [-0.05, 0) is 48.2 Å². The van der Waals surface area contributed by atoms with E-state index < -0.39 is 5.82 Å². The van der Waals surface area contributed by atoms with Gasteiger partial charge in [-0.2, -0.15) is 5.10 Å². The van der Waals surface area contributed by atoms with Gasteiger partial charge >= 0.3 is 0 Å². The van der Waals surface area contributed by atoms with Crippen molar-refractivity contribution in [1.29, 1.82) is 0 Å². The fraction of sp³-hybridized carbons (Fsp3) is 0.348. The highest BCUT2D eigenvalue weighted by atomic mass is 19.1. The molecule has 0 unspecified atom stereocenters. The topological polar surface area (TPSA) is 51.1 Å². The lowest BCUT2D eigenvalue weighted by Gasteiger charge is -2.24. The van der Waals surface area contributed by atoms with Crippen molar-refractivity contribution in [2.24, 2.45) is 5.10 Å². The van der Waals surface area contributed by atoms with Crippen LogP contribution in [0.2, 0.25) is 0 Å². The molecule has 0 radical (unpaired) electrons. The zero-order valence-corrected chi connectivity index (χ0v) is 16.5. The molecule has 2 aliphatic heterocycles. The van der Waals surface area contributed by atoms with Gasteiger partial charge in [-0.3, -0.25) is 5.01 Å². The van der Waals surface area contributed by atoms with Gasteiger partial charge < -0.3 is 15.3 Å². The highest BCUT2D eigenvalue weighted by Crippen LogP contribution is 2.24.